The van der Waals surface area contributed by atoms with E-state index in [9.17, 15) is 4.79 Å². The summed E-state index contributed by atoms with van der Waals surface area (Å²) in [4.78, 5) is 17.4. The van der Waals surface area contributed by atoms with Crippen molar-refractivity contribution < 1.29 is 4.79 Å². The number of likely N-dealkylation sites (tertiary alicyclic amines) is 1. The van der Waals surface area contributed by atoms with Crippen LogP contribution in [-0.4, -0.2) is 39.7 Å². The number of benzene rings is 1. The van der Waals surface area contributed by atoms with Crippen LogP contribution in [0.5, 0.6) is 0 Å². The molecule has 2 fully saturated rings. The first-order chi connectivity index (χ1) is 14.7. The van der Waals surface area contributed by atoms with Crippen LogP contribution < -0.4 is 5.32 Å². The number of aryl methyl sites for hydroxylation is 1. The third kappa shape index (κ3) is 4.03. The molecule has 5 nitrogen and oxygen atoms in total. The zero-order chi connectivity index (χ0) is 20.5. The zero-order valence-electron chi connectivity index (χ0n) is 17.6. The van der Waals surface area contributed by atoms with Crippen molar-refractivity contribution >= 4 is 27.5 Å². The van der Waals surface area contributed by atoms with Crippen LogP contribution in [0.2, 0.25) is 0 Å². The number of nitrogens with one attached hydrogen (secondary N) is 1. The number of nitrogens with zero attached hydrogens (tertiary/aromatic N) is 3. The van der Waals surface area contributed by atoms with Crippen LogP contribution in [0.25, 0.3) is 10.2 Å². The van der Waals surface area contributed by atoms with E-state index in [0.717, 1.165) is 42.0 Å². The highest BCUT2D eigenvalue weighted by Crippen LogP contribution is 2.35. The molecule has 158 valence electrons. The van der Waals surface area contributed by atoms with Gasteiger partial charge in [-0.2, -0.15) is 5.10 Å². The Balaban J connectivity index is 1.25. The van der Waals surface area contributed by atoms with Crippen molar-refractivity contribution in [3.8, 4) is 0 Å². The Bertz CT molecular complexity index is 1020. The molecule has 2 aromatic heterocycles. The minimum Gasteiger partial charge on any atom is -0.347 e. The quantitative estimate of drug-likeness (QED) is 0.635. The van der Waals surface area contributed by atoms with Crippen LogP contribution in [0.3, 0.4) is 0 Å². The Kier molecular flexibility index (Phi) is 5.61. The summed E-state index contributed by atoms with van der Waals surface area (Å²) in [6, 6.07) is 13.3. The molecule has 0 radical (unpaired) electrons. The molecule has 5 rings (SSSR count). The monoisotopic (exact) mass is 422 g/mol. The van der Waals surface area contributed by atoms with Gasteiger partial charge in [0.1, 0.15) is 4.83 Å². The van der Waals surface area contributed by atoms with Gasteiger partial charge in [-0.05, 0) is 37.8 Å². The third-order valence-electron chi connectivity index (χ3n) is 6.57. The van der Waals surface area contributed by atoms with Crippen molar-refractivity contribution in [1.82, 2.24) is 20.0 Å². The normalized spacial score (nSPS) is 20.8. The molecule has 3 heterocycles. The lowest BCUT2D eigenvalue weighted by Gasteiger charge is -2.22. The van der Waals surface area contributed by atoms with Crippen molar-refractivity contribution in [3.63, 3.8) is 0 Å². The fourth-order valence-electron chi connectivity index (χ4n) is 4.95. The summed E-state index contributed by atoms with van der Waals surface area (Å²) >= 11 is 1.61. The predicted molar refractivity (Wildman–Crippen MR) is 122 cm³/mol. The second-order valence-corrected chi connectivity index (χ2v) is 9.86. The number of hydrogen-bond acceptors (Lipinski definition) is 4. The van der Waals surface area contributed by atoms with Crippen molar-refractivity contribution in [3.05, 3.63) is 52.5 Å². The fraction of sp³-hybridized carbons (Fsp3) is 0.500. The zero-order valence-corrected chi connectivity index (χ0v) is 18.5. The number of amides is 1. The molecular formula is C24H30N4OS. The standard InChI is InChI=1S/C24H30N4OS/c1-17-21-14-22(30-24(21)28(26-17)20-10-6-3-7-11-20)23(29)25-19-12-13-27(16-19)15-18-8-4-2-5-9-18/h2,4-5,8-9,14,19-20H,3,6-7,10-13,15-16H2,1H3,(H,25,29). The molecule has 1 atom stereocenters. The van der Waals surface area contributed by atoms with Crippen molar-refractivity contribution in [2.24, 2.45) is 0 Å². The Morgan fingerprint density at radius 3 is 2.77 bits per heavy atom. The number of rotatable bonds is 5. The molecule has 1 N–H and O–H groups in total. The topological polar surface area (TPSA) is 50.2 Å². The summed E-state index contributed by atoms with van der Waals surface area (Å²) < 4.78 is 2.21. The van der Waals surface area contributed by atoms with E-state index in [0.29, 0.717) is 6.04 Å². The molecule has 0 bridgehead atoms. The highest BCUT2D eigenvalue weighted by atomic mass is 32.1. The number of carbonyl (C=O) groups excluding carboxylic acids is 1. The lowest BCUT2D eigenvalue weighted by atomic mass is 9.96. The minimum absolute atomic E-state index is 0.0670. The second-order valence-electron chi connectivity index (χ2n) is 8.83. The summed E-state index contributed by atoms with van der Waals surface area (Å²) in [5.74, 6) is 0.0670. The molecule has 1 unspecified atom stereocenters. The first-order valence-electron chi connectivity index (χ1n) is 11.2. The van der Waals surface area contributed by atoms with Gasteiger partial charge < -0.3 is 5.32 Å². The fourth-order valence-corrected chi connectivity index (χ4v) is 6.09. The average molecular weight is 423 g/mol. The molecule has 1 aromatic carbocycles. The smallest absolute Gasteiger partial charge is 0.261 e. The van der Waals surface area contributed by atoms with Gasteiger partial charge >= 0.3 is 0 Å². The van der Waals surface area contributed by atoms with Gasteiger partial charge in [0, 0.05) is 31.1 Å². The van der Waals surface area contributed by atoms with E-state index in [-0.39, 0.29) is 11.9 Å². The Hall–Kier alpha value is -2.18. The lowest BCUT2D eigenvalue weighted by Crippen LogP contribution is -2.36. The van der Waals surface area contributed by atoms with Crippen molar-refractivity contribution in [1.29, 1.82) is 0 Å². The second kappa shape index (κ2) is 8.52. The van der Waals surface area contributed by atoms with Gasteiger partial charge in [0.15, 0.2) is 0 Å². The van der Waals surface area contributed by atoms with Crippen LogP contribution in [0, 0.1) is 6.92 Å². The van der Waals surface area contributed by atoms with Gasteiger partial charge in [0.05, 0.1) is 16.6 Å². The van der Waals surface area contributed by atoms with E-state index >= 15 is 0 Å². The van der Waals surface area contributed by atoms with E-state index in [1.54, 1.807) is 11.3 Å². The minimum atomic E-state index is 0.0670. The molecule has 1 saturated carbocycles. The first kappa shape index (κ1) is 19.8. The predicted octanol–water partition coefficient (Wildman–Crippen LogP) is 4.92. The SMILES string of the molecule is Cc1nn(C2CCCCC2)c2sc(C(=O)NC3CCN(Cc4ccccc4)C3)cc12. The molecular weight excluding hydrogens is 392 g/mol. The van der Waals surface area contributed by atoms with Gasteiger partial charge in [-0.15, -0.1) is 11.3 Å². The van der Waals surface area contributed by atoms with Crippen molar-refractivity contribution in [2.45, 2.75) is 64.1 Å². The van der Waals surface area contributed by atoms with E-state index in [1.165, 1.54) is 42.5 Å². The first-order valence-corrected chi connectivity index (χ1v) is 12.0. The summed E-state index contributed by atoms with van der Waals surface area (Å²) in [6.07, 6.45) is 7.32. The number of carbonyl (C=O) groups is 1. The van der Waals surface area contributed by atoms with Gasteiger partial charge in [-0.1, -0.05) is 49.6 Å². The Morgan fingerprint density at radius 1 is 1.17 bits per heavy atom. The molecule has 6 heteroatoms. The highest BCUT2D eigenvalue weighted by Gasteiger charge is 2.26. The van der Waals surface area contributed by atoms with Gasteiger partial charge in [-0.3, -0.25) is 14.4 Å². The van der Waals surface area contributed by atoms with Gasteiger partial charge in [0.2, 0.25) is 0 Å². The number of hydrogen-bond donors (Lipinski definition) is 1. The van der Waals surface area contributed by atoms with Crippen LogP contribution in [-0.2, 0) is 6.54 Å². The Labute approximate surface area is 182 Å². The van der Waals surface area contributed by atoms with Crippen LogP contribution >= 0.6 is 11.3 Å². The van der Waals surface area contributed by atoms with Crippen molar-refractivity contribution in [2.75, 3.05) is 13.1 Å². The summed E-state index contributed by atoms with van der Waals surface area (Å²) in [5.41, 5.74) is 2.37. The van der Waals surface area contributed by atoms with Gasteiger partial charge in [0.25, 0.3) is 5.91 Å². The Morgan fingerprint density at radius 2 is 1.97 bits per heavy atom. The maximum Gasteiger partial charge on any atom is 0.261 e. The largest absolute Gasteiger partial charge is 0.347 e. The van der Waals surface area contributed by atoms with E-state index in [4.69, 9.17) is 5.10 Å². The third-order valence-corrected chi connectivity index (χ3v) is 7.69. The summed E-state index contributed by atoms with van der Waals surface area (Å²) in [6.45, 7) is 4.96. The maximum atomic E-state index is 13.0. The number of fused-ring (bicyclic) bond motifs is 1. The number of aromatic nitrogens is 2. The molecule has 1 saturated heterocycles. The lowest BCUT2D eigenvalue weighted by molar-refractivity contribution is 0.0942. The van der Waals surface area contributed by atoms with Crippen LogP contribution in [0.4, 0.5) is 0 Å². The van der Waals surface area contributed by atoms with E-state index < -0.39 is 0 Å². The molecule has 2 aliphatic rings. The van der Waals surface area contributed by atoms with Gasteiger partial charge in [-0.25, -0.2) is 0 Å². The molecule has 1 aliphatic carbocycles. The highest BCUT2D eigenvalue weighted by molar-refractivity contribution is 7.20. The van der Waals surface area contributed by atoms with Crippen LogP contribution in [0.1, 0.15) is 65.5 Å². The van der Waals surface area contributed by atoms with Crippen LogP contribution in [0.15, 0.2) is 36.4 Å². The average Bonchev–Trinajstić information content (AvgIpc) is 3.47. The summed E-state index contributed by atoms with van der Waals surface area (Å²) in [5, 5.41) is 9.24. The van der Waals surface area contributed by atoms with E-state index in [2.05, 4.69) is 52.2 Å². The molecule has 1 amide bonds. The maximum absolute atomic E-state index is 13.0. The number of thiophene rings is 1. The van der Waals surface area contributed by atoms with E-state index in [1.807, 2.05) is 6.07 Å². The molecule has 1 aliphatic heterocycles. The molecule has 3 aromatic rings. The summed E-state index contributed by atoms with van der Waals surface area (Å²) in [7, 11) is 0. The molecule has 30 heavy (non-hydrogen) atoms. The molecule has 0 spiro atoms.